The maximum atomic E-state index is 12.2. The molecule has 2 rings (SSSR count). The van der Waals surface area contributed by atoms with Crippen LogP contribution in [0.5, 0.6) is 0 Å². The highest BCUT2D eigenvalue weighted by molar-refractivity contribution is 5.85. The zero-order valence-electron chi connectivity index (χ0n) is 15.4. The molecule has 0 saturated carbocycles. The summed E-state index contributed by atoms with van der Waals surface area (Å²) in [5.74, 6) is -0.323. The fraction of sp³-hybridized carbons (Fsp3) is 0.579. The zero-order chi connectivity index (χ0) is 18.4. The first-order valence-electron chi connectivity index (χ1n) is 8.77. The van der Waals surface area contributed by atoms with Gasteiger partial charge in [0.1, 0.15) is 5.60 Å². The predicted octanol–water partition coefficient (Wildman–Crippen LogP) is 3.29. The van der Waals surface area contributed by atoms with E-state index in [1.54, 1.807) is 0 Å². The summed E-state index contributed by atoms with van der Waals surface area (Å²) in [6.45, 7) is 9.11. The molecule has 6 heteroatoms. The third kappa shape index (κ3) is 5.74. The Hall–Kier alpha value is -2.08. The Morgan fingerprint density at radius 1 is 1.32 bits per heavy atom. The lowest BCUT2D eigenvalue weighted by atomic mass is 9.81. The summed E-state index contributed by atoms with van der Waals surface area (Å²) < 4.78 is 10.5. The van der Waals surface area contributed by atoms with Crippen molar-refractivity contribution in [1.29, 1.82) is 0 Å². The predicted molar refractivity (Wildman–Crippen MR) is 96.6 cm³/mol. The van der Waals surface area contributed by atoms with E-state index in [0.29, 0.717) is 18.8 Å². The maximum Gasteiger partial charge on any atom is 0.412 e. The molecule has 1 heterocycles. The molecule has 138 valence electrons. The number of esters is 1. The normalized spacial score (nSPS) is 20.6. The Kier molecular flexibility index (Phi) is 6.42. The first-order valence-corrected chi connectivity index (χ1v) is 8.77. The van der Waals surface area contributed by atoms with Crippen LogP contribution in [-0.4, -0.2) is 37.4 Å². The van der Waals surface area contributed by atoms with Crippen molar-refractivity contribution in [3.05, 3.63) is 29.8 Å². The van der Waals surface area contributed by atoms with E-state index < -0.39 is 11.7 Å². The molecular formula is C19H28N2O4. The quantitative estimate of drug-likeness (QED) is 0.817. The fourth-order valence-electron chi connectivity index (χ4n) is 3.02. The maximum absolute atomic E-state index is 12.2. The fourth-order valence-corrected chi connectivity index (χ4v) is 3.02. The van der Waals surface area contributed by atoms with E-state index >= 15 is 0 Å². The van der Waals surface area contributed by atoms with Crippen LogP contribution in [0, 0.1) is 5.92 Å². The van der Waals surface area contributed by atoms with Crippen LogP contribution in [0.15, 0.2) is 24.3 Å². The molecule has 0 aromatic heterocycles. The molecule has 2 N–H and O–H groups in total. The monoisotopic (exact) mass is 348 g/mol. The highest BCUT2D eigenvalue weighted by atomic mass is 16.6. The first kappa shape index (κ1) is 19.2. The van der Waals surface area contributed by atoms with Gasteiger partial charge in [0, 0.05) is 12.2 Å². The third-order valence-electron chi connectivity index (χ3n) is 4.03. The van der Waals surface area contributed by atoms with Crippen LogP contribution in [0.1, 0.15) is 45.6 Å². The van der Waals surface area contributed by atoms with Gasteiger partial charge < -0.3 is 14.8 Å². The Balaban J connectivity index is 2.13. The van der Waals surface area contributed by atoms with E-state index in [0.717, 1.165) is 18.5 Å². The minimum Gasteiger partial charge on any atom is -0.466 e. The second-order valence-electron chi connectivity index (χ2n) is 7.21. The van der Waals surface area contributed by atoms with Crippen molar-refractivity contribution in [3.63, 3.8) is 0 Å². The third-order valence-corrected chi connectivity index (χ3v) is 4.03. The molecule has 1 fully saturated rings. The molecule has 6 nitrogen and oxygen atoms in total. The summed E-state index contributed by atoms with van der Waals surface area (Å²) >= 11 is 0. The van der Waals surface area contributed by atoms with Crippen molar-refractivity contribution in [3.8, 4) is 0 Å². The largest absolute Gasteiger partial charge is 0.466 e. The number of ether oxygens (including phenoxy) is 2. The van der Waals surface area contributed by atoms with Crippen molar-refractivity contribution in [2.24, 2.45) is 5.92 Å². The lowest BCUT2D eigenvalue weighted by Crippen LogP contribution is -2.40. The zero-order valence-corrected chi connectivity index (χ0v) is 15.4. The molecule has 1 aromatic carbocycles. The Bertz CT molecular complexity index is 610. The molecule has 1 aromatic rings. The molecule has 0 radical (unpaired) electrons. The lowest BCUT2D eigenvalue weighted by Gasteiger charge is -2.31. The average molecular weight is 348 g/mol. The standard InChI is InChI=1S/C19H28N2O4/c1-5-24-17(22)16-12-20-10-9-15(16)13-7-6-8-14(11-13)21-18(23)25-19(2,3)4/h6-8,11,15-16,20H,5,9-10,12H2,1-4H3,(H,21,23)/t15-,16-/m1/s1. The Morgan fingerprint density at radius 3 is 2.76 bits per heavy atom. The number of carbonyl (C=O) groups is 2. The number of hydrogen-bond donors (Lipinski definition) is 2. The van der Waals surface area contributed by atoms with Crippen LogP contribution in [0.4, 0.5) is 10.5 Å². The molecular weight excluding hydrogens is 320 g/mol. The molecule has 0 spiro atoms. The van der Waals surface area contributed by atoms with Crippen LogP contribution >= 0.6 is 0 Å². The lowest BCUT2D eigenvalue weighted by molar-refractivity contribution is -0.149. The van der Waals surface area contributed by atoms with E-state index in [9.17, 15) is 9.59 Å². The molecule has 0 unspecified atom stereocenters. The number of rotatable bonds is 4. The van der Waals surface area contributed by atoms with Gasteiger partial charge in [0.15, 0.2) is 0 Å². The van der Waals surface area contributed by atoms with E-state index in [1.807, 2.05) is 52.0 Å². The first-order chi connectivity index (χ1) is 11.8. The number of anilines is 1. The topological polar surface area (TPSA) is 76.7 Å². The summed E-state index contributed by atoms with van der Waals surface area (Å²) in [6, 6.07) is 7.59. The van der Waals surface area contributed by atoms with Gasteiger partial charge in [-0.2, -0.15) is 0 Å². The van der Waals surface area contributed by atoms with Crippen molar-refractivity contribution in [1.82, 2.24) is 5.32 Å². The molecule has 25 heavy (non-hydrogen) atoms. The molecule has 1 saturated heterocycles. The number of carbonyl (C=O) groups excluding carboxylic acids is 2. The van der Waals surface area contributed by atoms with Gasteiger partial charge in [0.25, 0.3) is 0 Å². The van der Waals surface area contributed by atoms with Crippen molar-refractivity contribution in [2.45, 2.75) is 45.6 Å². The second-order valence-corrected chi connectivity index (χ2v) is 7.21. The summed E-state index contributed by atoms with van der Waals surface area (Å²) in [4.78, 5) is 24.2. The van der Waals surface area contributed by atoms with Crippen molar-refractivity contribution in [2.75, 3.05) is 25.0 Å². The van der Waals surface area contributed by atoms with E-state index in [1.165, 1.54) is 0 Å². The Morgan fingerprint density at radius 2 is 2.08 bits per heavy atom. The highest BCUT2D eigenvalue weighted by Crippen LogP contribution is 2.32. The molecule has 0 bridgehead atoms. The van der Waals surface area contributed by atoms with Crippen LogP contribution in [0.3, 0.4) is 0 Å². The van der Waals surface area contributed by atoms with Gasteiger partial charge >= 0.3 is 12.1 Å². The SMILES string of the molecule is CCOC(=O)[C@@H]1CNCC[C@@H]1c1cccc(NC(=O)OC(C)(C)C)c1. The summed E-state index contributed by atoms with van der Waals surface area (Å²) in [5, 5.41) is 6.01. The van der Waals surface area contributed by atoms with Gasteiger partial charge in [-0.3, -0.25) is 10.1 Å². The van der Waals surface area contributed by atoms with E-state index in [2.05, 4.69) is 10.6 Å². The minimum absolute atomic E-state index is 0.0701. The van der Waals surface area contributed by atoms with Gasteiger partial charge in [-0.15, -0.1) is 0 Å². The summed E-state index contributed by atoms with van der Waals surface area (Å²) in [7, 11) is 0. The summed E-state index contributed by atoms with van der Waals surface area (Å²) in [5.41, 5.74) is 1.13. The molecule has 2 atom stereocenters. The summed E-state index contributed by atoms with van der Waals surface area (Å²) in [6.07, 6.45) is 0.358. The molecule has 1 aliphatic rings. The Labute approximate surface area is 149 Å². The van der Waals surface area contributed by atoms with E-state index in [-0.39, 0.29) is 17.8 Å². The van der Waals surface area contributed by atoms with Crippen LogP contribution in [0.2, 0.25) is 0 Å². The molecule has 1 aliphatic heterocycles. The van der Waals surface area contributed by atoms with Crippen LogP contribution in [-0.2, 0) is 14.3 Å². The average Bonchev–Trinajstić information content (AvgIpc) is 2.53. The molecule has 0 aliphatic carbocycles. The van der Waals surface area contributed by atoms with Gasteiger partial charge in [-0.05, 0) is 64.3 Å². The van der Waals surface area contributed by atoms with Gasteiger partial charge in [-0.25, -0.2) is 4.79 Å². The van der Waals surface area contributed by atoms with Crippen molar-refractivity contribution >= 4 is 17.7 Å². The minimum atomic E-state index is -0.550. The van der Waals surface area contributed by atoms with E-state index in [4.69, 9.17) is 9.47 Å². The van der Waals surface area contributed by atoms with Gasteiger partial charge in [0.05, 0.1) is 12.5 Å². The van der Waals surface area contributed by atoms with Crippen LogP contribution < -0.4 is 10.6 Å². The number of hydrogen-bond acceptors (Lipinski definition) is 5. The number of benzene rings is 1. The highest BCUT2D eigenvalue weighted by Gasteiger charge is 2.33. The van der Waals surface area contributed by atoms with Crippen LogP contribution in [0.25, 0.3) is 0 Å². The second kappa shape index (κ2) is 8.34. The number of nitrogens with one attached hydrogen (secondary N) is 2. The number of amides is 1. The van der Waals surface area contributed by atoms with Gasteiger partial charge in [0.2, 0.25) is 0 Å². The van der Waals surface area contributed by atoms with Gasteiger partial charge in [-0.1, -0.05) is 12.1 Å². The molecule has 1 amide bonds. The smallest absolute Gasteiger partial charge is 0.412 e. The van der Waals surface area contributed by atoms with Crippen molar-refractivity contribution < 1.29 is 19.1 Å². The number of piperidine rings is 1.